The maximum absolute atomic E-state index is 14.1. The van der Waals surface area contributed by atoms with E-state index in [1.807, 2.05) is 0 Å². The van der Waals surface area contributed by atoms with Gasteiger partial charge in [-0.05, 0) is 79.3 Å². The standard InChI is InChI=1S/C33H42BrN3O3/c1-25(2)19-21-36(33(39)27-13-17-31(40-3)18-14-27)24-32(38)37(29-8-5-4-6-9-29)23-30-10-7-20-35(30)22-26-11-15-28(34)16-12-26/h7,10-18,20,25,29H,4-6,8-9,19,21-24H2,1-3H3. The summed E-state index contributed by atoms with van der Waals surface area (Å²) in [6.45, 7) is 6.21. The summed E-state index contributed by atoms with van der Waals surface area (Å²) in [6, 6.07) is 19.9. The first-order valence-corrected chi connectivity index (χ1v) is 15.2. The molecule has 0 aliphatic heterocycles. The van der Waals surface area contributed by atoms with Gasteiger partial charge in [-0.2, -0.15) is 0 Å². The zero-order valence-corrected chi connectivity index (χ0v) is 25.6. The molecule has 1 aliphatic carbocycles. The van der Waals surface area contributed by atoms with Crippen LogP contribution in [0.2, 0.25) is 0 Å². The molecule has 1 aliphatic rings. The molecule has 2 aromatic carbocycles. The SMILES string of the molecule is COc1ccc(C(=O)N(CCC(C)C)CC(=O)N(Cc2cccn2Cc2ccc(Br)cc2)C2CCCCC2)cc1. The van der Waals surface area contributed by atoms with E-state index in [4.69, 9.17) is 4.74 Å². The summed E-state index contributed by atoms with van der Waals surface area (Å²) in [7, 11) is 1.61. The molecule has 0 radical (unpaired) electrons. The van der Waals surface area contributed by atoms with E-state index < -0.39 is 0 Å². The Kier molecular flexibility index (Phi) is 10.9. The third kappa shape index (κ3) is 8.23. The molecule has 3 aromatic rings. The quantitative estimate of drug-likeness (QED) is 0.219. The van der Waals surface area contributed by atoms with E-state index in [2.05, 4.69) is 81.8 Å². The Balaban J connectivity index is 1.54. The molecule has 4 rings (SSSR count). The van der Waals surface area contributed by atoms with E-state index >= 15 is 0 Å². The fourth-order valence-electron chi connectivity index (χ4n) is 5.36. The van der Waals surface area contributed by atoms with Crippen molar-refractivity contribution in [3.8, 4) is 5.75 Å². The van der Waals surface area contributed by atoms with Gasteiger partial charge >= 0.3 is 0 Å². The lowest BCUT2D eigenvalue weighted by Gasteiger charge is -2.36. The van der Waals surface area contributed by atoms with Crippen molar-refractivity contribution in [3.05, 3.63) is 88.2 Å². The third-order valence-corrected chi connectivity index (χ3v) is 8.31. The second-order valence-electron chi connectivity index (χ2n) is 11.2. The van der Waals surface area contributed by atoms with E-state index in [-0.39, 0.29) is 24.4 Å². The van der Waals surface area contributed by atoms with Crippen LogP contribution in [0.25, 0.3) is 0 Å². The van der Waals surface area contributed by atoms with Gasteiger partial charge in [-0.3, -0.25) is 9.59 Å². The topological polar surface area (TPSA) is 54.8 Å². The fourth-order valence-corrected chi connectivity index (χ4v) is 5.62. The number of hydrogen-bond acceptors (Lipinski definition) is 3. The molecule has 1 saturated carbocycles. The van der Waals surface area contributed by atoms with Crippen LogP contribution >= 0.6 is 15.9 Å². The minimum atomic E-state index is -0.112. The van der Waals surface area contributed by atoms with E-state index in [0.717, 1.165) is 48.8 Å². The number of rotatable bonds is 12. The Morgan fingerprint density at radius 2 is 1.70 bits per heavy atom. The molecule has 0 unspecified atom stereocenters. The van der Waals surface area contributed by atoms with Gasteiger partial charge in [-0.1, -0.05) is 61.2 Å². The third-order valence-electron chi connectivity index (χ3n) is 7.78. The van der Waals surface area contributed by atoms with Crippen LogP contribution < -0.4 is 4.74 Å². The summed E-state index contributed by atoms with van der Waals surface area (Å²) < 4.78 is 8.55. The highest BCUT2D eigenvalue weighted by molar-refractivity contribution is 9.10. The van der Waals surface area contributed by atoms with Crippen LogP contribution in [0.5, 0.6) is 5.75 Å². The van der Waals surface area contributed by atoms with E-state index in [9.17, 15) is 9.59 Å². The van der Waals surface area contributed by atoms with Gasteiger partial charge in [0.2, 0.25) is 5.91 Å². The van der Waals surface area contributed by atoms with Gasteiger partial charge in [0, 0.05) is 41.1 Å². The molecule has 0 saturated heterocycles. The number of methoxy groups -OCH3 is 1. The number of ether oxygens (including phenoxy) is 1. The number of nitrogens with zero attached hydrogens (tertiary/aromatic N) is 3. The van der Waals surface area contributed by atoms with Gasteiger partial charge in [-0.25, -0.2) is 0 Å². The fraction of sp³-hybridized carbons (Fsp3) is 0.455. The van der Waals surface area contributed by atoms with Gasteiger partial charge < -0.3 is 19.1 Å². The first-order valence-electron chi connectivity index (χ1n) is 14.4. The summed E-state index contributed by atoms with van der Waals surface area (Å²) >= 11 is 3.52. The van der Waals surface area contributed by atoms with Gasteiger partial charge in [0.15, 0.2) is 0 Å². The smallest absolute Gasteiger partial charge is 0.254 e. The van der Waals surface area contributed by atoms with Crippen molar-refractivity contribution in [1.82, 2.24) is 14.4 Å². The van der Waals surface area contributed by atoms with Crippen molar-refractivity contribution in [3.63, 3.8) is 0 Å². The van der Waals surface area contributed by atoms with Crippen LogP contribution in [0.15, 0.2) is 71.3 Å². The highest BCUT2D eigenvalue weighted by Crippen LogP contribution is 2.25. The summed E-state index contributed by atoms with van der Waals surface area (Å²) in [5.74, 6) is 1.04. The molecule has 1 fully saturated rings. The first-order chi connectivity index (χ1) is 19.3. The van der Waals surface area contributed by atoms with Gasteiger partial charge in [0.05, 0.1) is 13.7 Å². The van der Waals surface area contributed by atoms with Crippen molar-refractivity contribution in [2.75, 3.05) is 20.2 Å². The van der Waals surface area contributed by atoms with E-state index in [1.165, 1.54) is 12.0 Å². The lowest BCUT2D eigenvalue weighted by molar-refractivity contribution is -0.135. The molecular formula is C33H42BrN3O3. The highest BCUT2D eigenvalue weighted by Gasteiger charge is 2.29. The monoisotopic (exact) mass is 607 g/mol. The largest absolute Gasteiger partial charge is 0.497 e. The molecular weight excluding hydrogens is 566 g/mol. The molecule has 1 heterocycles. The zero-order valence-electron chi connectivity index (χ0n) is 24.0. The van der Waals surface area contributed by atoms with Crippen LogP contribution in [0.1, 0.15) is 74.0 Å². The molecule has 0 N–H and O–H groups in total. The minimum Gasteiger partial charge on any atom is -0.497 e. The lowest BCUT2D eigenvalue weighted by atomic mass is 9.94. The predicted molar refractivity (Wildman–Crippen MR) is 163 cm³/mol. The summed E-state index contributed by atoms with van der Waals surface area (Å²) in [5, 5.41) is 0. The van der Waals surface area contributed by atoms with Gasteiger partial charge in [-0.15, -0.1) is 0 Å². The van der Waals surface area contributed by atoms with E-state index in [0.29, 0.717) is 30.3 Å². The van der Waals surface area contributed by atoms with Crippen LogP contribution in [0.4, 0.5) is 0 Å². The second kappa shape index (κ2) is 14.5. The Morgan fingerprint density at radius 3 is 2.35 bits per heavy atom. The Morgan fingerprint density at radius 1 is 1.00 bits per heavy atom. The van der Waals surface area contributed by atoms with Gasteiger partial charge in [0.25, 0.3) is 5.91 Å². The van der Waals surface area contributed by atoms with Crippen molar-refractivity contribution < 1.29 is 14.3 Å². The molecule has 0 spiro atoms. The van der Waals surface area contributed by atoms with Gasteiger partial charge in [0.1, 0.15) is 12.3 Å². The van der Waals surface area contributed by atoms with Crippen molar-refractivity contribution >= 4 is 27.7 Å². The maximum atomic E-state index is 14.1. The average molecular weight is 609 g/mol. The maximum Gasteiger partial charge on any atom is 0.254 e. The number of benzene rings is 2. The summed E-state index contributed by atoms with van der Waals surface area (Å²) in [5.41, 5.74) is 2.89. The second-order valence-corrected chi connectivity index (χ2v) is 12.1. The van der Waals surface area contributed by atoms with Crippen molar-refractivity contribution in [2.45, 2.75) is 71.5 Å². The number of aromatic nitrogens is 1. The van der Waals surface area contributed by atoms with Crippen molar-refractivity contribution in [2.24, 2.45) is 5.92 Å². The number of amides is 2. The minimum absolute atomic E-state index is 0.0221. The highest BCUT2D eigenvalue weighted by atomic mass is 79.9. The van der Waals surface area contributed by atoms with Crippen LogP contribution in [-0.2, 0) is 17.9 Å². The average Bonchev–Trinajstić information content (AvgIpc) is 3.41. The molecule has 1 aromatic heterocycles. The molecule has 0 bridgehead atoms. The number of carbonyl (C=O) groups excluding carboxylic acids is 2. The summed E-state index contributed by atoms with van der Waals surface area (Å²) in [6.07, 6.45) is 8.44. The molecule has 214 valence electrons. The molecule has 40 heavy (non-hydrogen) atoms. The van der Waals surface area contributed by atoms with Crippen LogP contribution in [0, 0.1) is 5.92 Å². The molecule has 7 heteroatoms. The molecule has 0 atom stereocenters. The Labute approximate surface area is 247 Å². The molecule has 6 nitrogen and oxygen atoms in total. The number of hydrogen-bond donors (Lipinski definition) is 0. The summed E-state index contributed by atoms with van der Waals surface area (Å²) in [4.78, 5) is 31.5. The number of halogens is 1. The zero-order chi connectivity index (χ0) is 28.5. The lowest BCUT2D eigenvalue weighted by Crippen LogP contribution is -2.48. The van der Waals surface area contributed by atoms with E-state index in [1.54, 1.807) is 36.3 Å². The molecule has 2 amide bonds. The van der Waals surface area contributed by atoms with Crippen molar-refractivity contribution in [1.29, 1.82) is 0 Å². The Hall–Kier alpha value is -3.06. The first kappa shape index (κ1) is 29.9. The normalized spacial score (nSPS) is 13.8. The Bertz CT molecular complexity index is 1230. The van der Waals surface area contributed by atoms with Crippen LogP contribution in [0.3, 0.4) is 0 Å². The number of carbonyl (C=O) groups is 2. The predicted octanol–water partition coefficient (Wildman–Crippen LogP) is 7.16. The van der Waals surface area contributed by atoms with Crippen LogP contribution in [-0.4, -0.2) is 52.4 Å².